The lowest BCUT2D eigenvalue weighted by atomic mass is 10.0. The molecule has 0 aliphatic heterocycles. The molecule has 0 saturated heterocycles. The molecule has 88 valence electrons. The van der Waals surface area contributed by atoms with E-state index in [4.69, 9.17) is 21.0 Å². The predicted octanol–water partition coefficient (Wildman–Crippen LogP) is 0.811. The summed E-state index contributed by atoms with van der Waals surface area (Å²) in [6.45, 7) is 3.61. The summed E-state index contributed by atoms with van der Waals surface area (Å²) in [5, 5.41) is 36.4. The van der Waals surface area contributed by atoms with Gasteiger partial charge in [0.25, 0.3) is 0 Å². The summed E-state index contributed by atoms with van der Waals surface area (Å²) >= 11 is 0. The molecule has 0 atom stereocenters. The van der Waals surface area contributed by atoms with Gasteiger partial charge in [0.2, 0.25) is 0 Å². The summed E-state index contributed by atoms with van der Waals surface area (Å²) in [4.78, 5) is 0. The van der Waals surface area contributed by atoms with Crippen LogP contribution in [0.4, 0.5) is 0 Å². The monoisotopic (exact) mass is 244 g/mol. The van der Waals surface area contributed by atoms with E-state index in [1.807, 2.05) is 12.1 Å². The van der Waals surface area contributed by atoms with Crippen molar-refractivity contribution in [3.05, 3.63) is 46.9 Å². The maximum atomic E-state index is 8.90. The first-order valence-electron chi connectivity index (χ1n) is 5.30. The van der Waals surface area contributed by atoms with Gasteiger partial charge in [0.05, 0.1) is 0 Å². The Labute approximate surface area is 110 Å². The Morgan fingerprint density at radius 3 is 2.05 bits per heavy atom. The molecular weight excluding hydrogens is 236 g/mol. The van der Waals surface area contributed by atoms with Gasteiger partial charge in [0.15, 0.2) is 0 Å². The van der Waals surface area contributed by atoms with Gasteiger partial charge in [0.1, 0.15) is 35.4 Å². The van der Waals surface area contributed by atoms with E-state index in [0.29, 0.717) is 22.4 Å². The molecule has 0 heterocycles. The minimum atomic E-state index is -0.00710. The van der Waals surface area contributed by atoms with Crippen molar-refractivity contribution in [2.45, 2.75) is 6.42 Å². The largest absolute Gasteiger partial charge is 0.192 e. The second-order valence-electron chi connectivity index (χ2n) is 3.56. The van der Waals surface area contributed by atoms with Crippen molar-refractivity contribution >= 4 is 11.1 Å². The number of nitriles is 4. The smallest absolute Gasteiger partial charge is 0.137 e. The van der Waals surface area contributed by atoms with Crippen molar-refractivity contribution < 1.29 is 0 Å². The van der Waals surface area contributed by atoms with E-state index in [9.17, 15) is 0 Å². The van der Waals surface area contributed by atoms with E-state index in [2.05, 4.69) is 6.58 Å². The van der Waals surface area contributed by atoms with Gasteiger partial charge in [-0.05, 0) is 18.1 Å². The van der Waals surface area contributed by atoms with Gasteiger partial charge in [-0.15, -0.1) is 6.58 Å². The number of nitrogens with zero attached hydrogens (tertiary/aromatic N) is 4. The second kappa shape index (κ2) is 6.41. The molecule has 0 aliphatic rings. The molecule has 1 aromatic carbocycles. The molecule has 0 saturated carbocycles. The molecule has 0 radical (unpaired) electrons. The molecule has 0 spiro atoms. The molecular formula is C15H8N4. The molecule has 0 N–H and O–H groups in total. The van der Waals surface area contributed by atoms with Gasteiger partial charge in [-0.25, -0.2) is 0 Å². The van der Waals surface area contributed by atoms with Crippen molar-refractivity contribution in [2.75, 3.05) is 0 Å². The number of allylic oxidation sites excluding steroid dienone is 1. The standard InChI is InChI=1S/C15H8N4/c1-2-3-12-6-11(13(7-16)8-17)4-5-15(12)14(9-18)10-19/h2,4-6H,1,3H2. The molecule has 0 aromatic heterocycles. The molecule has 0 aliphatic carbocycles. The summed E-state index contributed by atoms with van der Waals surface area (Å²) in [7, 11) is 0. The number of hydrogen-bond donors (Lipinski definition) is 0. The van der Waals surface area contributed by atoms with Crippen LogP contribution in [0.15, 0.2) is 30.9 Å². The van der Waals surface area contributed by atoms with Crippen LogP contribution in [-0.2, 0) is 6.42 Å². The van der Waals surface area contributed by atoms with Crippen molar-refractivity contribution in [2.24, 2.45) is 0 Å². The van der Waals surface area contributed by atoms with Crippen molar-refractivity contribution in [3.63, 3.8) is 0 Å². The minimum absolute atomic E-state index is 0.00105. The Bertz CT molecular complexity index is 770. The summed E-state index contributed by atoms with van der Waals surface area (Å²) in [6.07, 6.45) is 2.08. The van der Waals surface area contributed by atoms with Gasteiger partial charge in [-0.3, -0.25) is 0 Å². The van der Waals surface area contributed by atoms with Crippen molar-refractivity contribution in [3.8, 4) is 24.3 Å². The molecule has 1 rings (SSSR count). The highest BCUT2D eigenvalue weighted by Crippen LogP contribution is 1.97. The van der Waals surface area contributed by atoms with Crippen LogP contribution in [0, 0.1) is 45.3 Å². The van der Waals surface area contributed by atoms with Crippen LogP contribution in [0.25, 0.3) is 11.1 Å². The van der Waals surface area contributed by atoms with Gasteiger partial charge >= 0.3 is 0 Å². The zero-order valence-electron chi connectivity index (χ0n) is 10.0. The fraction of sp³-hybridized carbons (Fsp3) is 0.0667. The average molecular weight is 244 g/mol. The molecule has 0 amide bonds. The molecule has 19 heavy (non-hydrogen) atoms. The molecule has 4 heteroatoms. The Morgan fingerprint density at radius 2 is 1.58 bits per heavy atom. The lowest BCUT2D eigenvalue weighted by Gasteiger charge is -1.99. The van der Waals surface area contributed by atoms with Crippen LogP contribution < -0.4 is 10.4 Å². The highest BCUT2D eigenvalue weighted by atomic mass is 14.3. The van der Waals surface area contributed by atoms with Gasteiger partial charge in [-0.1, -0.05) is 18.2 Å². The highest BCUT2D eigenvalue weighted by molar-refractivity contribution is 5.75. The van der Waals surface area contributed by atoms with Crippen LogP contribution in [0.3, 0.4) is 0 Å². The van der Waals surface area contributed by atoms with Crippen LogP contribution in [0.2, 0.25) is 0 Å². The summed E-state index contributed by atoms with van der Waals surface area (Å²) < 4.78 is 0. The van der Waals surface area contributed by atoms with Crippen LogP contribution in [-0.4, -0.2) is 0 Å². The Kier molecular flexibility index (Phi) is 4.63. The van der Waals surface area contributed by atoms with E-state index in [1.165, 1.54) is 0 Å². The predicted molar refractivity (Wildman–Crippen MR) is 68.9 cm³/mol. The second-order valence-corrected chi connectivity index (χ2v) is 3.56. The van der Waals surface area contributed by atoms with E-state index in [1.54, 1.807) is 36.4 Å². The lowest BCUT2D eigenvalue weighted by Crippen LogP contribution is -2.18. The molecule has 4 nitrogen and oxygen atoms in total. The number of rotatable bonds is 2. The van der Waals surface area contributed by atoms with Gasteiger partial charge < -0.3 is 0 Å². The van der Waals surface area contributed by atoms with Gasteiger partial charge in [-0.2, -0.15) is 21.0 Å². The SMILES string of the molecule is C=CCc1cc(=C(C#N)C#N)ccc1=C(C#N)C#N. The minimum Gasteiger partial charge on any atom is -0.192 e. The van der Waals surface area contributed by atoms with Crippen LogP contribution in [0.5, 0.6) is 0 Å². The first-order valence-corrected chi connectivity index (χ1v) is 5.30. The maximum absolute atomic E-state index is 8.90. The summed E-state index contributed by atoms with van der Waals surface area (Å²) in [6, 6.07) is 12.0. The van der Waals surface area contributed by atoms with E-state index in [0.717, 1.165) is 0 Å². The van der Waals surface area contributed by atoms with E-state index in [-0.39, 0.29) is 11.1 Å². The average Bonchev–Trinajstić information content (AvgIpc) is 2.44. The fourth-order valence-electron chi connectivity index (χ4n) is 1.62. The third kappa shape index (κ3) is 2.86. The van der Waals surface area contributed by atoms with Gasteiger partial charge in [0, 0.05) is 10.4 Å². The zero-order chi connectivity index (χ0) is 14.3. The third-order valence-corrected chi connectivity index (χ3v) is 2.47. The van der Waals surface area contributed by atoms with Crippen molar-refractivity contribution in [1.29, 1.82) is 21.0 Å². The topological polar surface area (TPSA) is 95.2 Å². The quantitative estimate of drug-likeness (QED) is 0.719. The third-order valence-electron chi connectivity index (χ3n) is 2.47. The Hall–Kier alpha value is -3.34. The molecule has 0 unspecified atom stereocenters. The first-order chi connectivity index (χ1) is 9.21. The van der Waals surface area contributed by atoms with Crippen molar-refractivity contribution in [1.82, 2.24) is 0 Å². The zero-order valence-corrected chi connectivity index (χ0v) is 10.0. The Balaban J connectivity index is 3.85. The molecule has 1 aromatic rings. The summed E-state index contributed by atoms with van der Waals surface area (Å²) in [5.74, 6) is 0. The number of hydrogen-bond acceptors (Lipinski definition) is 4. The maximum Gasteiger partial charge on any atom is 0.137 e. The first kappa shape index (κ1) is 13.7. The Morgan fingerprint density at radius 1 is 1.00 bits per heavy atom. The lowest BCUT2D eigenvalue weighted by molar-refractivity contribution is 1.23. The van der Waals surface area contributed by atoms with E-state index < -0.39 is 0 Å². The molecule has 0 bridgehead atoms. The number of benzene rings is 1. The fourth-order valence-corrected chi connectivity index (χ4v) is 1.62. The molecule has 0 fully saturated rings. The van der Waals surface area contributed by atoms with E-state index >= 15 is 0 Å². The van der Waals surface area contributed by atoms with Crippen LogP contribution >= 0.6 is 0 Å². The summed E-state index contributed by atoms with van der Waals surface area (Å²) in [5.41, 5.74) is 0.680. The highest BCUT2D eigenvalue weighted by Gasteiger charge is 2.02. The normalized spacial score (nSPS) is 8.21. The van der Waals surface area contributed by atoms with Crippen LogP contribution in [0.1, 0.15) is 5.56 Å².